The molecule has 32 heavy (non-hydrogen) atoms. The van der Waals surface area contributed by atoms with Crippen LogP contribution in [0.5, 0.6) is 0 Å². The fourth-order valence-corrected chi connectivity index (χ4v) is 6.17. The Balaban J connectivity index is 1.99. The van der Waals surface area contributed by atoms with Crippen LogP contribution in [0.1, 0.15) is 33.4 Å². The van der Waals surface area contributed by atoms with Crippen LogP contribution in [0.2, 0.25) is 0 Å². The van der Waals surface area contributed by atoms with Crippen molar-refractivity contribution in [3.63, 3.8) is 0 Å². The Hall–Kier alpha value is -2.71. The van der Waals surface area contributed by atoms with Crippen molar-refractivity contribution in [2.75, 3.05) is 0 Å². The summed E-state index contributed by atoms with van der Waals surface area (Å²) < 4.78 is 0. The van der Waals surface area contributed by atoms with Gasteiger partial charge in [-0.1, -0.05) is 122 Å². The molecule has 0 saturated carbocycles. The van der Waals surface area contributed by atoms with E-state index in [1.165, 1.54) is 59.6 Å². The van der Waals surface area contributed by atoms with Gasteiger partial charge in [-0.25, -0.2) is 0 Å². The van der Waals surface area contributed by atoms with Crippen molar-refractivity contribution in [3.8, 4) is 0 Å². The minimum Gasteiger partial charge on any atom is -0.0906 e. The molecule has 4 rings (SSSR count). The molecule has 0 saturated heterocycles. The van der Waals surface area contributed by atoms with Gasteiger partial charge in [0.2, 0.25) is 6.71 Å². The molecule has 4 aromatic carbocycles. The number of hydrogen-bond acceptors (Lipinski definition) is 1. The molecule has 0 aliphatic heterocycles. The summed E-state index contributed by atoms with van der Waals surface area (Å²) in [5.74, 6) is 0. The van der Waals surface area contributed by atoms with E-state index in [2.05, 4.69) is 120 Å². The molecule has 0 aliphatic carbocycles. The molecule has 0 bridgehead atoms. The van der Waals surface area contributed by atoms with E-state index in [9.17, 15) is 0 Å². The highest BCUT2D eigenvalue weighted by Gasteiger charge is 2.30. The van der Waals surface area contributed by atoms with Crippen molar-refractivity contribution in [2.45, 2.75) is 51.3 Å². The molecule has 160 valence electrons. The van der Waals surface area contributed by atoms with Crippen LogP contribution in [0.4, 0.5) is 0 Å². The molecule has 0 spiro atoms. The summed E-state index contributed by atoms with van der Waals surface area (Å²) in [6.07, 6.45) is 0. The average molecular weight is 434 g/mol. The van der Waals surface area contributed by atoms with Gasteiger partial charge in [0.25, 0.3) is 0 Å². The van der Waals surface area contributed by atoms with Crippen molar-refractivity contribution in [3.05, 3.63) is 112 Å². The second-order valence-electron chi connectivity index (χ2n) is 9.01. The lowest BCUT2D eigenvalue weighted by Gasteiger charge is -2.26. The van der Waals surface area contributed by atoms with Gasteiger partial charge in [-0.15, -0.1) is 0 Å². The van der Waals surface area contributed by atoms with Crippen LogP contribution in [-0.2, 0) is 0 Å². The molecule has 0 fully saturated rings. The van der Waals surface area contributed by atoms with E-state index < -0.39 is 0 Å². The number of hydrogen-bond donors (Lipinski definition) is 0. The number of aryl methyl sites for hydroxylation is 6. The van der Waals surface area contributed by atoms with Crippen LogP contribution >= 0.6 is 11.8 Å². The molecule has 0 N–H and O–H groups in total. The predicted octanol–water partition coefficient (Wildman–Crippen LogP) is 6.20. The van der Waals surface area contributed by atoms with E-state index in [0.29, 0.717) is 0 Å². The monoisotopic (exact) mass is 434 g/mol. The van der Waals surface area contributed by atoms with E-state index >= 15 is 0 Å². The Morgan fingerprint density at radius 2 is 0.969 bits per heavy atom. The van der Waals surface area contributed by atoms with Gasteiger partial charge in [0.05, 0.1) is 0 Å². The Labute approximate surface area is 198 Å². The third kappa shape index (κ3) is 4.57. The molecule has 0 amide bonds. The van der Waals surface area contributed by atoms with Crippen LogP contribution < -0.4 is 16.4 Å². The Morgan fingerprint density at radius 1 is 0.531 bits per heavy atom. The van der Waals surface area contributed by atoms with E-state index in [4.69, 9.17) is 0 Å². The summed E-state index contributed by atoms with van der Waals surface area (Å²) in [5, 5.41) is 0. The zero-order chi connectivity index (χ0) is 22.8. The smallest absolute Gasteiger partial charge is 0.0906 e. The zero-order valence-corrected chi connectivity index (χ0v) is 20.8. The normalized spacial score (nSPS) is 10.9. The standard InChI is InChI=1S/C30H31BS/c1-20-16-22(3)29(23(4)17-20)31(30-24(5)18-21(2)19-25(30)6)27-14-10-11-15-28(27)32-26-12-8-7-9-13-26/h7-19H,1-6H3. The molecule has 0 radical (unpaired) electrons. The topological polar surface area (TPSA) is 0 Å². The van der Waals surface area contributed by atoms with Crippen molar-refractivity contribution < 1.29 is 0 Å². The van der Waals surface area contributed by atoms with E-state index in [1.54, 1.807) is 0 Å². The van der Waals surface area contributed by atoms with Crippen molar-refractivity contribution in [2.24, 2.45) is 0 Å². The second kappa shape index (κ2) is 9.42. The molecule has 0 heterocycles. The predicted molar refractivity (Wildman–Crippen MR) is 143 cm³/mol. The van der Waals surface area contributed by atoms with Crippen molar-refractivity contribution in [1.29, 1.82) is 0 Å². The SMILES string of the molecule is Cc1cc(C)c(B(c2ccccc2Sc2ccccc2)c2c(C)cc(C)cc2C)c(C)c1. The van der Waals surface area contributed by atoms with Gasteiger partial charge in [0.15, 0.2) is 0 Å². The van der Waals surface area contributed by atoms with Gasteiger partial charge in [0.1, 0.15) is 0 Å². The summed E-state index contributed by atoms with van der Waals surface area (Å²) in [5.41, 5.74) is 12.4. The molecular weight excluding hydrogens is 403 g/mol. The molecule has 0 aromatic heterocycles. The Bertz CT molecular complexity index is 1150. The van der Waals surface area contributed by atoms with Gasteiger partial charge in [-0.05, 0) is 59.7 Å². The lowest BCUT2D eigenvalue weighted by Crippen LogP contribution is -2.56. The molecule has 0 nitrogen and oxygen atoms in total. The third-order valence-corrected chi connectivity index (χ3v) is 7.35. The van der Waals surface area contributed by atoms with Gasteiger partial charge in [-0.2, -0.15) is 0 Å². The lowest BCUT2D eigenvalue weighted by molar-refractivity contribution is 1.33. The molecule has 0 unspecified atom stereocenters. The van der Waals surface area contributed by atoms with Crippen LogP contribution in [0.25, 0.3) is 0 Å². The summed E-state index contributed by atoms with van der Waals surface area (Å²) in [6.45, 7) is 13.7. The van der Waals surface area contributed by atoms with E-state index in [1.807, 2.05) is 11.8 Å². The molecule has 4 aromatic rings. The highest BCUT2D eigenvalue weighted by Crippen LogP contribution is 2.27. The zero-order valence-electron chi connectivity index (χ0n) is 20.0. The average Bonchev–Trinajstić information content (AvgIpc) is 2.72. The van der Waals surface area contributed by atoms with E-state index in [0.717, 1.165) is 0 Å². The molecule has 0 atom stereocenters. The minimum absolute atomic E-state index is 0.198. The van der Waals surface area contributed by atoms with Gasteiger partial charge in [0, 0.05) is 9.79 Å². The fraction of sp³-hybridized carbons (Fsp3) is 0.200. The first-order chi connectivity index (χ1) is 15.3. The maximum absolute atomic E-state index is 2.33. The summed E-state index contributed by atoms with van der Waals surface area (Å²) in [7, 11) is 0. The van der Waals surface area contributed by atoms with Gasteiger partial charge >= 0.3 is 0 Å². The summed E-state index contributed by atoms with van der Waals surface area (Å²) >= 11 is 1.86. The Morgan fingerprint density at radius 3 is 1.47 bits per heavy atom. The lowest BCUT2D eigenvalue weighted by atomic mass is 9.34. The largest absolute Gasteiger partial charge is 0.244 e. The van der Waals surface area contributed by atoms with Gasteiger partial charge < -0.3 is 0 Å². The second-order valence-corrected chi connectivity index (χ2v) is 10.1. The van der Waals surface area contributed by atoms with Crippen LogP contribution in [-0.4, -0.2) is 6.71 Å². The first-order valence-corrected chi connectivity index (χ1v) is 12.1. The van der Waals surface area contributed by atoms with Crippen molar-refractivity contribution >= 4 is 34.9 Å². The molecule has 2 heteroatoms. The maximum atomic E-state index is 2.33. The third-order valence-electron chi connectivity index (χ3n) is 6.25. The minimum atomic E-state index is 0.198. The fourth-order valence-electron chi connectivity index (χ4n) is 5.18. The van der Waals surface area contributed by atoms with E-state index in [-0.39, 0.29) is 6.71 Å². The Kier molecular flexibility index (Phi) is 6.62. The van der Waals surface area contributed by atoms with Crippen LogP contribution in [0.3, 0.4) is 0 Å². The summed E-state index contributed by atoms with van der Waals surface area (Å²) in [6, 6.07) is 29.0. The first-order valence-electron chi connectivity index (χ1n) is 11.3. The number of rotatable bonds is 5. The maximum Gasteiger partial charge on any atom is 0.244 e. The van der Waals surface area contributed by atoms with Crippen LogP contribution in [0.15, 0.2) is 88.7 Å². The number of benzene rings is 4. The van der Waals surface area contributed by atoms with Gasteiger partial charge in [-0.3, -0.25) is 0 Å². The molecule has 0 aliphatic rings. The first kappa shape index (κ1) is 22.5. The summed E-state index contributed by atoms with van der Waals surface area (Å²) in [4.78, 5) is 2.59. The highest BCUT2D eigenvalue weighted by molar-refractivity contribution is 7.99. The molecular formula is C30H31BS. The van der Waals surface area contributed by atoms with Crippen LogP contribution in [0, 0.1) is 41.5 Å². The van der Waals surface area contributed by atoms with Crippen molar-refractivity contribution in [1.82, 2.24) is 0 Å². The highest BCUT2D eigenvalue weighted by atomic mass is 32.2. The quantitative estimate of drug-likeness (QED) is 0.337.